The molecule has 166 valence electrons. The van der Waals surface area contributed by atoms with Crippen LogP contribution in [0, 0.1) is 6.92 Å². The van der Waals surface area contributed by atoms with E-state index in [2.05, 4.69) is 20.2 Å². The quantitative estimate of drug-likeness (QED) is 0.676. The van der Waals surface area contributed by atoms with E-state index in [0.29, 0.717) is 30.1 Å². The van der Waals surface area contributed by atoms with Gasteiger partial charge in [0.1, 0.15) is 11.6 Å². The molecule has 0 unspecified atom stereocenters. The minimum Gasteiger partial charge on any atom is -0.365 e. The molecule has 4 heterocycles. The van der Waals surface area contributed by atoms with Crippen LogP contribution in [0.15, 0.2) is 35.3 Å². The van der Waals surface area contributed by atoms with Crippen LogP contribution in [0.3, 0.4) is 0 Å². The highest BCUT2D eigenvalue weighted by Gasteiger charge is 2.45. The van der Waals surface area contributed by atoms with E-state index in [1.807, 2.05) is 16.8 Å². The van der Waals surface area contributed by atoms with Crippen LogP contribution in [0.25, 0.3) is 10.9 Å². The molecule has 2 fully saturated rings. The van der Waals surface area contributed by atoms with Crippen molar-refractivity contribution in [3.05, 3.63) is 63.3 Å². The van der Waals surface area contributed by atoms with Gasteiger partial charge in [0.25, 0.3) is 11.5 Å². The molecule has 2 saturated heterocycles. The summed E-state index contributed by atoms with van der Waals surface area (Å²) in [6.45, 7) is 5.12. The van der Waals surface area contributed by atoms with E-state index in [4.69, 9.17) is 0 Å². The molecular formula is C24H25F2N5O. The molecule has 0 radical (unpaired) electrons. The Balaban J connectivity index is 1.39. The third-order valence-corrected chi connectivity index (χ3v) is 7.46. The highest BCUT2D eigenvalue weighted by molar-refractivity contribution is 5.88. The lowest BCUT2D eigenvalue weighted by Gasteiger charge is -2.28. The van der Waals surface area contributed by atoms with Crippen LogP contribution in [0.5, 0.6) is 0 Å². The van der Waals surface area contributed by atoms with Gasteiger partial charge in [-0.05, 0) is 37.3 Å². The van der Waals surface area contributed by atoms with Gasteiger partial charge in [0.05, 0.1) is 16.4 Å². The fourth-order valence-corrected chi connectivity index (χ4v) is 5.78. The van der Waals surface area contributed by atoms with E-state index in [9.17, 15) is 13.6 Å². The zero-order valence-electron chi connectivity index (χ0n) is 18.0. The molecule has 3 aliphatic rings. The topological polar surface area (TPSA) is 63.1 Å². The second-order valence-corrected chi connectivity index (χ2v) is 9.40. The first-order chi connectivity index (χ1) is 15.3. The number of anilines is 1. The van der Waals surface area contributed by atoms with Crippen molar-refractivity contribution in [3.8, 4) is 0 Å². The van der Waals surface area contributed by atoms with E-state index in [1.165, 1.54) is 6.07 Å². The summed E-state index contributed by atoms with van der Waals surface area (Å²) in [6, 6.07) is 6.72. The number of aryl methyl sites for hydroxylation is 1. The summed E-state index contributed by atoms with van der Waals surface area (Å²) >= 11 is 0. The fraction of sp³-hybridized carbons (Fsp3) is 0.458. The number of alkyl halides is 2. The molecule has 0 spiro atoms. The molecule has 6 nitrogen and oxygen atoms in total. The summed E-state index contributed by atoms with van der Waals surface area (Å²) in [7, 11) is 0. The third-order valence-electron chi connectivity index (χ3n) is 7.46. The summed E-state index contributed by atoms with van der Waals surface area (Å²) in [4.78, 5) is 24.5. The van der Waals surface area contributed by atoms with Crippen molar-refractivity contribution in [2.24, 2.45) is 0 Å². The molecular weight excluding hydrogens is 412 g/mol. The largest absolute Gasteiger partial charge is 0.365 e. The van der Waals surface area contributed by atoms with Crippen LogP contribution >= 0.6 is 0 Å². The second-order valence-electron chi connectivity index (χ2n) is 9.40. The molecule has 1 N–H and O–H groups in total. The van der Waals surface area contributed by atoms with E-state index in [0.717, 1.165) is 49.0 Å². The molecule has 0 saturated carbocycles. The third kappa shape index (κ3) is 2.96. The van der Waals surface area contributed by atoms with E-state index in [-0.39, 0.29) is 23.1 Å². The minimum atomic E-state index is -2.75. The van der Waals surface area contributed by atoms with Crippen LogP contribution < -0.4 is 10.9 Å². The van der Waals surface area contributed by atoms with Gasteiger partial charge >= 0.3 is 0 Å². The molecule has 0 atom stereocenters. The number of fused-ring (bicyclic) bond motifs is 4. The zero-order chi connectivity index (χ0) is 22.1. The molecule has 1 aromatic carbocycles. The van der Waals surface area contributed by atoms with Crippen molar-refractivity contribution >= 4 is 16.7 Å². The van der Waals surface area contributed by atoms with Gasteiger partial charge in [-0.15, -0.1) is 0 Å². The fourth-order valence-electron chi connectivity index (χ4n) is 5.78. The van der Waals surface area contributed by atoms with Crippen molar-refractivity contribution < 1.29 is 8.78 Å². The SMILES string of the molecule is Cc1nc(NCc2cccc3c2CCC3(F)F)c2cn(C34CCN(CC3)C4)c(=O)cc2n1. The normalized spacial score (nSPS) is 25.4. The van der Waals surface area contributed by atoms with Gasteiger partial charge < -0.3 is 14.8 Å². The summed E-state index contributed by atoms with van der Waals surface area (Å²) in [6.07, 6.45) is 4.08. The predicted octanol–water partition coefficient (Wildman–Crippen LogP) is 3.55. The van der Waals surface area contributed by atoms with Gasteiger partial charge in [0.2, 0.25) is 0 Å². The molecule has 32 heavy (non-hydrogen) atoms. The second kappa shape index (κ2) is 6.81. The Labute approximate surface area is 184 Å². The number of nitrogens with one attached hydrogen (secondary N) is 1. The van der Waals surface area contributed by atoms with Crippen LogP contribution in [0.2, 0.25) is 0 Å². The Morgan fingerprint density at radius 3 is 2.72 bits per heavy atom. The first-order valence-electron chi connectivity index (χ1n) is 11.2. The van der Waals surface area contributed by atoms with Crippen LogP contribution in [0.1, 0.15) is 41.8 Å². The lowest BCUT2D eigenvalue weighted by atomic mass is 9.94. The lowest BCUT2D eigenvalue weighted by molar-refractivity contribution is -0.00184. The maximum atomic E-state index is 14.2. The zero-order valence-corrected chi connectivity index (χ0v) is 18.0. The molecule has 3 aromatic rings. The Morgan fingerprint density at radius 1 is 1.16 bits per heavy atom. The maximum Gasteiger partial charge on any atom is 0.273 e. The van der Waals surface area contributed by atoms with Gasteiger partial charge in [0.15, 0.2) is 0 Å². The average Bonchev–Trinajstić information content (AvgIpc) is 3.45. The number of rotatable bonds is 4. The van der Waals surface area contributed by atoms with Gasteiger partial charge in [-0.25, -0.2) is 18.7 Å². The monoisotopic (exact) mass is 437 g/mol. The number of benzene rings is 1. The van der Waals surface area contributed by atoms with Crippen molar-refractivity contribution in [3.63, 3.8) is 0 Å². The predicted molar refractivity (Wildman–Crippen MR) is 118 cm³/mol. The van der Waals surface area contributed by atoms with E-state index in [1.54, 1.807) is 19.1 Å². The Hall–Kier alpha value is -2.87. The molecule has 2 aliphatic heterocycles. The molecule has 1 aliphatic carbocycles. The molecule has 2 aromatic heterocycles. The van der Waals surface area contributed by atoms with Crippen LogP contribution in [-0.4, -0.2) is 39.1 Å². The number of hydrogen-bond acceptors (Lipinski definition) is 5. The minimum absolute atomic E-state index is 0.0339. The first-order valence-corrected chi connectivity index (χ1v) is 11.2. The number of pyridine rings is 1. The van der Waals surface area contributed by atoms with E-state index >= 15 is 0 Å². The highest BCUT2D eigenvalue weighted by atomic mass is 19.3. The maximum absolute atomic E-state index is 14.2. The number of hydrogen-bond donors (Lipinski definition) is 1. The van der Waals surface area contributed by atoms with Crippen LogP contribution in [-0.2, 0) is 24.4 Å². The van der Waals surface area contributed by atoms with Crippen molar-refractivity contribution in [2.45, 2.75) is 50.6 Å². The van der Waals surface area contributed by atoms with Crippen molar-refractivity contribution in [1.82, 2.24) is 19.4 Å². The van der Waals surface area contributed by atoms with E-state index < -0.39 is 5.92 Å². The van der Waals surface area contributed by atoms with Gasteiger partial charge in [-0.3, -0.25) is 4.79 Å². The van der Waals surface area contributed by atoms with Gasteiger partial charge in [-0.2, -0.15) is 0 Å². The number of nitrogens with zero attached hydrogens (tertiary/aromatic N) is 4. The average molecular weight is 437 g/mol. The van der Waals surface area contributed by atoms with Gasteiger partial charge in [-0.1, -0.05) is 18.2 Å². The number of piperidine rings is 1. The Bertz CT molecular complexity index is 1290. The summed E-state index contributed by atoms with van der Waals surface area (Å²) < 4.78 is 30.2. The molecule has 8 heteroatoms. The Kier molecular flexibility index (Phi) is 4.21. The summed E-state index contributed by atoms with van der Waals surface area (Å²) in [5.74, 6) is -1.56. The van der Waals surface area contributed by atoms with Gasteiger partial charge in [0, 0.05) is 50.4 Å². The summed E-state index contributed by atoms with van der Waals surface area (Å²) in [5.41, 5.74) is 2.15. The first kappa shape index (κ1) is 19.8. The standard InChI is InChI=1S/C24H25F2N5O/c1-15-28-20-11-21(32)31(23-7-9-30(14-23)10-8-23)13-18(20)22(29-15)27-12-16-3-2-4-19-17(16)5-6-24(19,25)26/h2-4,11,13H,5-10,12,14H2,1H3,(H,27,28,29). The Morgan fingerprint density at radius 2 is 1.97 bits per heavy atom. The van der Waals surface area contributed by atoms with Crippen molar-refractivity contribution in [2.75, 3.05) is 25.0 Å². The number of halogens is 2. The molecule has 2 bridgehead atoms. The smallest absolute Gasteiger partial charge is 0.273 e. The molecule has 6 rings (SSSR count). The highest BCUT2D eigenvalue weighted by Crippen LogP contribution is 2.43. The lowest BCUT2D eigenvalue weighted by Crippen LogP contribution is -2.40. The molecule has 0 amide bonds. The van der Waals surface area contributed by atoms with Crippen molar-refractivity contribution in [1.29, 1.82) is 0 Å². The number of aromatic nitrogens is 3. The van der Waals surface area contributed by atoms with Crippen LogP contribution in [0.4, 0.5) is 14.6 Å². The summed E-state index contributed by atoms with van der Waals surface area (Å²) in [5, 5.41) is 4.14.